The van der Waals surface area contributed by atoms with Gasteiger partial charge < -0.3 is 5.32 Å². The highest BCUT2D eigenvalue weighted by molar-refractivity contribution is 7.99. The zero-order chi connectivity index (χ0) is 16.9. The van der Waals surface area contributed by atoms with Gasteiger partial charge >= 0.3 is 0 Å². The Morgan fingerprint density at radius 3 is 2.75 bits per heavy atom. The first-order valence-electron chi connectivity index (χ1n) is 8.48. The number of thioether (sulfide) groups is 1. The Morgan fingerprint density at radius 1 is 1.29 bits per heavy atom. The van der Waals surface area contributed by atoms with Gasteiger partial charge in [-0.15, -0.1) is 0 Å². The lowest BCUT2D eigenvalue weighted by molar-refractivity contribution is -0.120. The van der Waals surface area contributed by atoms with Crippen molar-refractivity contribution in [1.82, 2.24) is 15.1 Å². The fraction of sp³-hybridized carbons (Fsp3) is 0.500. The van der Waals surface area contributed by atoms with Crippen molar-refractivity contribution < 1.29 is 4.79 Å². The van der Waals surface area contributed by atoms with E-state index in [0.717, 1.165) is 16.4 Å². The van der Waals surface area contributed by atoms with Crippen molar-refractivity contribution in [1.29, 1.82) is 0 Å². The number of aryl methyl sites for hydroxylation is 1. The molecule has 1 aliphatic carbocycles. The summed E-state index contributed by atoms with van der Waals surface area (Å²) in [7, 11) is 1.62. The van der Waals surface area contributed by atoms with Gasteiger partial charge in [-0.2, -0.15) is 16.9 Å². The molecule has 1 fully saturated rings. The van der Waals surface area contributed by atoms with Crippen LogP contribution in [0, 0.1) is 0 Å². The van der Waals surface area contributed by atoms with Crippen LogP contribution in [0.3, 0.4) is 0 Å². The van der Waals surface area contributed by atoms with Crippen molar-refractivity contribution in [2.24, 2.45) is 7.05 Å². The average Bonchev–Trinajstić information content (AvgIpc) is 3.10. The number of aromatic nitrogens is 2. The van der Waals surface area contributed by atoms with E-state index in [4.69, 9.17) is 0 Å². The van der Waals surface area contributed by atoms with E-state index in [2.05, 4.69) is 10.4 Å². The van der Waals surface area contributed by atoms with Gasteiger partial charge in [0.2, 0.25) is 5.91 Å². The third-order valence-corrected chi connectivity index (χ3v) is 5.82. The summed E-state index contributed by atoms with van der Waals surface area (Å²) in [6.45, 7) is 0.684. The van der Waals surface area contributed by atoms with Gasteiger partial charge in [-0.05, 0) is 18.9 Å². The van der Waals surface area contributed by atoms with E-state index < -0.39 is 0 Å². The predicted octanol–water partition coefficient (Wildman–Crippen LogP) is 2.27. The highest BCUT2D eigenvalue weighted by Crippen LogP contribution is 2.28. The van der Waals surface area contributed by atoms with E-state index in [-0.39, 0.29) is 17.9 Å². The van der Waals surface area contributed by atoms with E-state index in [1.807, 2.05) is 30.0 Å². The van der Waals surface area contributed by atoms with Crippen molar-refractivity contribution in [3.63, 3.8) is 0 Å². The lowest BCUT2D eigenvalue weighted by Crippen LogP contribution is -2.29. The van der Waals surface area contributed by atoms with Gasteiger partial charge in [0.15, 0.2) is 0 Å². The molecule has 24 heavy (non-hydrogen) atoms. The van der Waals surface area contributed by atoms with E-state index in [1.54, 1.807) is 13.1 Å². The summed E-state index contributed by atoms with van der Waals surface area (Å²) < 4.78 is 1.31. The van der Waals surface area contributed by atoms with Crippen LogP contribution in [0.5, 0.6) is 0 Å². The molecule has 0 atom stereocenters. The molecule has 0 saturated heterocycles. The minimum absolute atomic E-state index is 0.0432. The first-order chi connectivity index (χ1) is 11.6. The summed E-state index contributed by atoms with van der Waals surface area (Å²) in [6.07, 6.45) is 5.51. The number of amides is 1. The van der Waals surface area contributed by atoms with E-state index in [1.165, 1.54) is 30.4 Å². The fourth-order valence-corrected chi connectivity index (χ4v) is 4.41. The van der Waals surface area contributed by atoms with E-state index >= 15 is 0 Å². The van der Waals surface area contributed by atoms with Crippen LogP contribution < -0.4 is 10.9 Å². The first kappa shape index (κ1) is 17.0. The molecule has 0 unspecified atom stereocenters. The molecule has 0 spiro atoms. The van der Waals surface area contributed by atoms with Gasteiger partial charge in [-0.25, -0.2) is 4.68 Å². The molecule has 1 aromatic carbocycles. The normalized spacial score (nSPS) is 15.0. The molecule has 0 aliphatic heterocycles. The molecule has 6 heteroatoms. The molecule has 0 radical (unpaired) electrons. The monoisotopic (exact) mass is 345 g/mol. The van der Waals surface area contributed by atoms with Crippen molar-refractivity contribution in [2.75, 3.05) is 12.3 Å². The molecule has 1 heterocycles. The number of benzene rings is 1. The quantitative estimate of drug-likeness (QED) is 0.816. The third-order valence-electron chi connectivity index (χ3n) is 4.44. The Labute approximate surface area is 145 Å². The number of rotatable bonds is 6. The molecule has 0 bridgehead atoms. The number of fused-ring (bicyclic) bond motifs is 1. The molecule has 1 aliphatic rings. The van der Waals surface area contributed by atoms with Crippen LogP contribution >= 0.6 is 11.8 Å². The molecule has 1 amide bonds. The summed E-state index contributed by atoms with van der Waals surface area (Å²) >= 11 is 1.96. The van der Waals surface area contributed by atoms with Gasteiger partial charge in [-0.1, -0.05) is 31.0 Å². The van der Waals surface area contributed by atoms with Gasteiger partial charge in [0.05, 0.1) is 17.5 Å². The zero-order valence-electron chi connectivity index (χ0n) is 14.0. The van der Waals surface area contributed by atoms with Crippen LogP contribution in [0.4, 0.5) is 0 Å². The minimum atomic E-state index is -0.136. The van der Waals surface area contributed by atoms with Crippen molar-refractivity contribution in [3.8, 4) is 0 Å². The summed E-state index contributed by atoms with van der Waals surface area (Å²) in [5.41, 5.74) is 0.511. The average molecular weight is 345 g/mol. The number of nitrogens with one attached hydrogen (secondary N) is 1. The van der Waals surface area contributed by atoms with Crippen LogP contribution in [0.25, 0.3) is 10.8 Å². The van der Waals surface area contributed by atoms with Gasteiger partial charge in [0.1, 0.15) is 0 Å². The lowest BCUT2D eigenvalue weighted by Gasteiger charge is -2.10. The Kier molecular flexibility index (Phi) is 5.56. The molecule has 3 rings (SSSR count). The maximum atomic E-state index is 12.2. The smallest absolute Gasteiger partial charge is 0.274 e. The molecular formula is C18H23N3O2S. The molecule has 5 nitrogen and oxygen atoms in total. The molecule has 1 N–H and O–H groups in total. The van der Waals surface area contributed by atoms with Crippen LogP contribution in [-0.4, -0.2) is 33.2 Å². The minimum Gasteiger partial charge on any atom is -0.355 e. The maximum absolute atomic E-state index is 12.2. The van der Waals surface area contributed by atoms with Crippen LogP contribution in [0.1, 0.15) is 31.4 Å². The van der Waals surface area contributed by atoms with Gasteiger partial charge in [0, 0.05) is 30.0 Å². The van der Waals surface area contributed by atoms with Gasteiger partial charge in [0.25, 0.3) is 5.56 Å². The Bertz CT molecular complexity index is 781. The third kappa shape index (κ3) is 3.98. The zero-order valence-corrected chi connectivity index (χ0v) is 14.8. The second kappa shape index (κ2) is 7.83. The van der Waals surface area contributed by atoms with Crippen molar-refractivity contribution in [2.45, 2.75) is 37.4 Å². The summed E-state index contributed by atoms with van der Waals surface area (Å²) in [6, 6.07) is 7.32. The van der Waals surface area contributed by atoms with E-state index in [0.29, 0.717) is 17.6 Å². The number of carbonyl (C=O) groups is 1. The summed E-state index contributed by atoms with van der Waals surface area (Å²) in [5.74, 6) is 0.913. The highest BCUT2D eigenvalue weighted by Gasteiger charge is 2.15. The molecule has 2 aromatic rings. The molecular weight excluding hydrogens is 322 g/mol. The topological polar surface area (TPSA) is 64.0 Å². The fourth-order valence-electron chi connectivity index (χ4n) is 3.19. The number of nitrogens with zero attached hydrogens (tertiary/aromatic N) is 2. The SMILES string of the molecule is Cn1nc(CC(=O)NCCSC2CCCC2)c2ccccc2c1=O. The van der Waals surface area contributed by atoms with Crippen LogP contribution in [0.2, 0.25) is 0 Å². The predicted molar refractivity (Wildman–Crippen MR) is 98.4 cm³/mol. The van der Waals surface area contributed by atoms with Crippen molar-refractivity contribution >= 4 is 28.4 Å². The Morgan fingerprint density at radius 2 is 2.00 bits per heavy atom. The van der Waals surface area contributed by atoms with Gasteiger partial charge in [-0.3, -0.25) is 9.59 Å². The van der Waals surface area contributed by atoms with Crippen LogP contribution in [-0.2, 0) is 18.3 Å². The Balaban J connectivity index is 1.59. The Hall–Kier alpha value is -1.82. The largest absolute Gasteiger partial charge is 0.355 e. The number of hydrogen-bond donors (Lipinski definition) is 1. The van der Waals surface area contributed by atoms with E-state index in [9.17, 15) is 9.59 Å². The standard InChI is InChI=1S/C18H23N3O2S/c1-21-18(23)15-9-5-4-8-14(15)16(20-21)12-17(22)19-10-11-24-13-6-2-3-7-13/h4-5,8-9,13H,2-3,6-7,10-12H2,1H3,(H,19,22). The first-order valence-corrected chi connectivity index (χ1v) is 9.53. The molecule has 1 aromatic heterocycles. The number of carbonyl (C=O) groups excluding carboxylic acids is 1. The second-order valence-corrected chi connectivity index (χ2v) is 7.63. The highest BCUT2D eigenvalue weighted by atomic mass is 32.2. The van der Waals surface area contributed by atoms with Crippen LogP contribution in [0.15, 0.2) is 29.1 Å². The molecule has 1 saturated carbocycles. The molecule has 128 valence electrons. The summed E-state index contributed by atoms with van der Waals surface area (Å²) in [4.78, 5) is 24.3. The maximum Gasteiger partial charge on any atom is 0.274 e. The van der Waals surface area contributed by atoms with Crippen molar-refractivity contribution in [3.05, 3.63) is 40.3 Å². The lowest BCUT2D eigenvalue weighted by atomic mass is 10.1. The number of hydrogen-bond acceptors (Lipinski definition) is 4. The summed E-state index contributed by atoms with van der Waals surface area (Å²) in [5, 5.41) is 9.38. The second-order valence-electron chi connectivity index (χ2n) is 6.23.